The predicted molar refractivity (Wildman–Crippen MR) is 108 cm³/mol. The minimum absolute atomic E-state index is 0.00153. The maximum Gasteiger partial charge on any atom is 0.263 e. The van der Waals surface area contributed by atoms with E-state index in [9.17, 15) is 18.5 Å². The van der Waals surface area contributed by atoms with E-state index in [2.05, 4.69) is 0 Å². The van der Waals surface area contributed by atoms with Crippen LogP contribution in [-0.4, -0.2) is 55.8 Å². The quantitative estimate of drug-likeness (QED) is 0.749. The van der Waals surface area contributed by atoms with E-state index in [-0.39, 0.29) is 42.5 Å². The summed E-state index contributed by atoms with van der Waals surface area (Å²) in [7, 11) is -3.79. The molecule has 0 spiro atoms. The van der Waals surface area contributed by atoms with Crippen LogP contribution in [0.15, 0.2) is 53.4 Å². The molecule has 0 N–H and O–H groups in total. The van der Waals surface area contributed by atoms with E-state index in [1.54, 1.807) is 24.0 Å². The third-order valence-electron chi connectivity index (χ3n) is 4.86. The standard InChI is InChI=1S/C21H23N3O4S/c1-16-7-9-19(10-8-16)28-17(2)21(25)23-11-13-24(14-12-23)29(26,27)20-6-4-3-5-18(20)15-22/h3-10,17H,11-14H2,1-2H3. The van der Waals surface area contributed by atoms with Crippen LogP contribution in [0.2, 0.25) is 0 Å². The van der Waals surface area contributed by atoms with Gasteiger partial charge in [0.2, 0.25) is 10.0 Å². The highest BCUT2D eigenvalue weighted by molar-refractivity contribution is 7.89. The lowest BCUT2D eigenvalue weighted by Gasteiger charge is -2.35. The van der Waals surface area contributed by atoms with Gasteiger partial charge in [0.25, 0.3) is 5.91 Å². The normalized spacial score (nSPS) is 16.1. The monoisotopic (exact) mass is 413 g/mol. The van der Waals surface area contributed by atoms with Crippen LogP contribution in [-0.2, 0) is 14.8 Å². The summed E-state index contributed by atoms with van der Waals surface area (Å²) in [6.45, 7) is 4.55. The molecule has 1 aliphatic heterocycles. The number of carbonyl (C=O) groups is 1. The molecular formula is C21H23N3O4S. The fourth-order valence-electron chi connectivity index (χ4n) is 3.20. The molecule has 1 aliphatic rings. The minimum Gasteiger partial charge on any atom is -0.481 e. The predicted octanol–water partition coefficient (Wildman–Crippen LogP) is 2.17. The van der Waals surface area contributed by atoms with Gasteiger partial charge in [0.1, 0.15) is 11.8 Å². The lowest BCUT2D eigenvalue weighted by Crippen LogP contribution is -2.53. The highest BCUT2D eigenvalue weighted by atomic mass is 32.2. The van der Waals surface area contributed by atoms with Gasteiger partial charge in [-0.25, -0.2) is 8.42 Å². The Morgan fingerprint density at radius 1 is 1.07 bits per heavy atom. The number of hydrogen-bond donors (Lipinski definition) is 0. The number of benzene rings is 2. The largest absolute Gasteiger partial charge is 0.481 e. The minimum atomic E-state index is -3.79. The molecule has 2 aromatic carbocycles. The first kappa shape index (κ1) is 20.8. The summed E-state index contributed by atoms with van der Waals surface area (Å²) >= 11 is 0. The molecule has 0 aliphatic carbocycles. The van der Waals surface area contributed by atoms with E-state index in [0.29, 0.717) is 5.75 Å². The molecule has 2 aromatic rings. The molecule has 152 valence electrons. The van der Waals surface area contributed by atoms with Gasteiger partial charge in [0, 0.05) is 26.2 Å². The first-order valence-electron chi connectivity index (χ1n) is 9.34. The Hall–Kier alpha value is -2.89. The van der Waals surface area contributed by atoms with Crippen LogP contribution < -0.4 is 4.74 Å². The Balaban J connectivity index is 1.63. The van der Waals surface area contributed by atoms with Gasteiger partial charge in [-0.15, -0.1) is 0 Å². The van der Waals surface area contributed by atoms with Crippen molar-refractivity contribution in [3.05, 3.63) is 59.7 Å². The van der Waals surface area contributed by atoms with Crippen LogP contribution in [0.4, 0.5) is 0 Å². The Kier molecular flexibility index (Phi) is 6.20. The number of rotatable bonds is 5. The molecule has 1 saturated heterocycles. The zero-order valence-corrected chi connectivity index (χ0v) is 17.2. The number of nitrogens with zero attached hydrogens (tertiary/aromatic N) is 3. The van der Waals surface area contributed by atoms with Crippen LogP contribution in [0.5, 0.6) is 5.75 Å². The summed E-state index contributed by atoms with van der Waals surface area (Å²) < 4.78 is 32.8. The number of ether oxygens (including phenoxy) is 1. The summed E-state index contributed by atoms with van der Waals surface area (Å²) in [6.07, 6.45) is -0.667. The van der Waals surface area contributed by atoms with Gasteiger partial charge in [-0.2, -0.15) is 9.57 Å². The molecule has 29 heavy (non-hydrogen) atoms. The van der Waals surface area contributed by atoms with Crippen molar-refractivity contribution in [3.8, 4) is 11.8 Å². The fourth-order valence-corrected chi connectivity index (χ4v) is 4.76. The van der Waals surface area contributed by atoms with Crippen molar-refractivity contribution in [1.82, 2.24) is 9.21 Å². The van der Waals surface area contributed by atoms with Crippen molar-refractivity contribution >= 4 is 15.9 Å². The maximum absolute atomic E-state index is 12.9. The maximum atomic E-state index is 12.9. The number of amides is 1. The van der Waals surface area contributed by atoms with Gasteiger partial charge in [-0.1, -0.05) is 29.8 Å². The SMILES string of the molecule is Cc1ccc(OC(C)C(=O)N2CCN(S(=O)(=O)c3ccccc3C#N)CC2)cc1. The molecular weight excluding hydrogens is 390 g/mol. The number of hydrogen-bond acceptors (Lipinski definition) is 5. The van der Waals surface area contributed by atoms with E-state index in [1.165, 1.54) is 16.4 Å². The second-order valence-corrected chi connectivity index (χ2v) is 8.82. The van der Waals surface area contributed by atoms with Crippen LogP contribution in [0.3, 0.4) is 0 Å². The first-order valence-corrected chi connectivity index (χ1v) is 10.8. The molecule has 1 fully saturated rings. The molecule has 0 aromatic heterocycles. The van der Waals surface area contributed by atoms with Crippen molar-refractivity contribution in [2.45, 2.75) is 24.8 Å². The van der Waals surface area contributed by atoms with Gasteiger partial charge < -0.3 is 9.64 Å². The van der Waals surface area contributed by atoms with E-state index in [4.69, 9.17) is 4.74 Å². The Morgan fingerprint density at radius 3 is 2.31 bits per heavy atom. The summed E-state index contributed by atoms with van der Waals surface area (Å²) in [5.41, 5.74) is 1.22. The fraction of sp³-hybridized carbons (Fsp3) is 0.333. The molecule has 1 atom stereocenters. The van der Waals surface area contributed by atoms with Crippen molar-refractivity contribution < 1.29 is 17.9 Å². The average Bonchev–Trinajstić information content (AvgIpc) is 2.74. The van der Waals surface area contributed by atoms with Gasteiger partial charge in [-0.3, -0.25) is 4.79 Å². The van der Waals surface area contributed by atoms with Gasteiger partial charge in [0.05, 0.1) is 10.5 Å². The molecule has 1 heterocycles. The van der Waals surface area contributed by atoms with Crippen LogP contribution in [0.25, 0.3) is 0 Å². The molecule has 7 nitrogen and oxygen atoms in total. The average molecular weight is 413 g/mol. The lowest BCUT2D eigenvalue weighted by atomic mass is 10.2. The number of carbonyl (C=O) groups excluding carboxylic acids is 1. The van der Waals surface area contributed by atoms with Crippen LogP contribution in [0.1, 0.15) is 18.1 Å². The van der Waals surface area contributed by atoms with Crippen molar-refractivity contribution in [2.75, 3.05) is 26.2 Å². The molecule has 1 unspecified atom stereocenters. The Bertz CT molecular complexity index is 1020. The third-order valence-corrected chi connectivity index (χ3v) is 6.81. The van der Waals surface area contributed by atoms with Crippen molar-refractivity contribution in [3.63, 3.8) is 0 Å². The van der Waals surface area contributed by atoms with Crippen LogP contribution >= 0.6 is 0 Å². The molecule has 0 bridgehead atoms. The summed E-state index contributed by atoms with van der Waals surface area (Å²) in [6, 6.07) is 15.5. The lowest BCUT2D eigenvalue weighted by molar-refractivity contribution is -0.139. The highest BCUT2D eigenvalue weighted by Gasteiger charge is 2.33. The Morgan fingerprint density at radius 2 is 1.69 bits per heavy atom. The van der Waals surface area contributed by atoms with Gasteiger partial charge >= 0.3 is 0 Å². The zero-order valence-electron chi connectivity index (χ0n) is 16.4. The van der Waals surface area contributed by atoms with E-state index < -0.39 is 16.1 Å². The highest BCUT2D eigenvalue weighted by Crippen LogP contribution is 2.21. The van der Waals surface area contributed by atoms with Crippen molar-refractivity contribution in [1.29, 1.82) is 5.26 Å². The number of aryl methyl sites for hydroxylation is 1. The molecule has 0 radical (unpaired) electrons. The smallest absolute Gasteiger partial charge is 0.263 e. The molecule has 3 rings (SSSR count). The van der Waals surface area contributed by atoms with E-state index in [1.807, 2.05) is 37.3 Å². The summed E-state index contributed by atoms with van der Waals surface area (Å²) in [4.78, 5) is 14.3. The number of sulfonamides is 1. The van der Waals surface area contributed by atoms with E-state index >= 15 is 0 Å². The number of piperazine rings is 1. The molecule has 0 saturated carbocycles. The second kappa shape index (κ2) is 8.64. The Labute approximate surface area is 171 Å². The van der Waals surface area contributed by atoms with Crippen molar-refractivity contribution in [2.24, 2.45) is 0 Å². The third kappa shape index (κ3) is 4.58. The summed E-state index contributed by atoms with van der Waals surface area (Å²) in [5, 5.41) is 9.19. The topological polar surface area (TPSA) is 90.7 Å². The molecule has 1 amide bonds. The summed E-state index contributed by atoms with van der Waals surface area (Å²) in [5.74, 6) is 0.436. The first-order chi connectivity index (χ1) is 13.8. The number of nitriles is 1. The second-order valence-electron chi connectivity index (χ2n) is 6.91. The zero-order chi connectivity index (χ0) is 21.0. The van der Waals surface area contributed by atoms with E-state index in [0.717, 1.165) is 5.56 Å². The van der Waals surface area contributed by atoms with Gasteiger partial charge in [0.15, 0.2) is 6.10 Å². The van der Waals surface area contributed by atoms with Crippen LogP contribution in [0, 0.1) is 18.3 Å². The van der Waals surface area contributed by atoms with Gasteiger partial charge in [-0.05, 0) is 38.1 Å². The molecule has 8 heteroatoms.